The Kier molecular flexibility index (Phi) is 8.81. The van der Waals surface area contributed by atoms with Gasteiger partial charge in [0, 0.05) is 54.0 Å². The number of nitrogens with two attached hydrogens (primary N) is 1. The van der Waals surface area contributed by atoms with Crippen LogP contribution >= 0.6 is 23.2 Å². The first-order valence-corrected chi connectivity index (χ1v) is 12.9. The summed E-state index contributed by atoms with van der Waals surface area (Å²) < 4.78 is 22.0. The second kappa shape index (κ2) is 11.2. The van der Waals surface area contributed by atoms with Crippen molar-refractivity contribution in [2.45, 2.75) is 44.4 Å². The van der Waals surface area contributed by atoms with Crippen molar-refractivity contribution in [3.63, 3.8) is 0 Å². The zero-order valence-corrected chi connectivity index (χ0v) is 21.6. The molecule has 3 N–H and O–H groups in total. The number of anilines is 2. The van der Waals surface area contributed by atoms with Gasteiger partial charge in [0.1, 0.15) is 22.9 Å². The van der Waals surface area contributed by atoms with Crippen LogP contribution in [-0.4, -0.2) is 34.0 Å². The maximum atomic E-state index is 13.1. The van der Waals surface area contributed by atoms with Crippen molar-refractivity contribution in [3.8, 4) is 5.75 Å². The molecule has 0 aliphatic carbocycles. The first kappa shape index (κ1) is 26.0. The van der Waals surface area contributed by atoms with Gasteiger partial charge in [0.05, 0.1) is 16.1 Å². The molecule has 180 valence electrons. The zero-order valence-electron chi connectivity index (χ0n) is 19.3. The molecular weight excluding hydrogens is 479 g/mol. The number of hydrogen-bond acceptors (Lipinski definition) is 6. The molecule has 1 aliphatic rings. The lowest BCUT2D eigenvalue weighted by Gasteiger charge is -2.38. The van der Waals surface area contributed by atoms with Gasteiger partial charge in [-0.2, -0.15) is 0 Å². The molecule has 1 saturated heterocycles. The van der Waals surface area contributed by atoms with E-state index in [-0.39, 0.29) is 12.0 Å². The van der Waals surface area contributed by atoms with Crippen molar-refractivity contribution in [2.75, 3.05) is 30.3 Å². The van der Waals surface area contributed by atoms with E-state index in [1.165, 1.54) is 0 Å². The Morgan fingerprint density at radius 2 is 1.97 bits per heavy atom. The lowest BCUT2D eigenvalue weighted by atomic mass is 9.85. The van der Waals surface area contributed by atoms with E-state index in [0.717, 1.165) is 37.3 Å². The second-order valence-corrected chi connectivity index (χ2v) is 12.0. The molecule has 9 heteroatoms. The smallest absolute Gasteiger partial charge is 0.136 e. The summed E-state index contributed by atoms with van der Waals surface area (Å²) in [6, 6.07) is 7.00. The summed E-state index contributed by atoms with van der Waals surface area (Å²) in [4.78, 5) is 6.69. The molecule has 1 fully saturated rings. The zero-order chi connectivity index (χ0) is 24.2. The number of hydrogen-bond donors (Lipinski definition) is 2. The normalized spacial score (nSPS) is 17.0. The van der Waals surface area contributed by atoms with Crippen molar-refractivity contribution in [1.82, 2.24) is 9.71 Å². The van der Waals surface area contributed by atoms with Crippen LogP contribution in [-0.2, 0) is 11.4 Å². The first-order valence-electron chi connectivity index (χ1n) is 11.0. The summed E-state index contributed by atoms with van der Waals surface area (Å²) in [6.07, 6.45) is 5.15. The number of benzene rings is 1. The molecule has 1 aromatic carbocycles. The summed E-state index contributed by atoms with van der Waals surface area (Å²) in [5, 5.41) is 0.852. The highest BCUT2D eigenvalue weighted by Crippen LogP contribution is 2.41. The molecule has 1 unspecified atom stereocenters. The van der Waals surface area contributed by atoms with Crippen molar-refractivity contribution >= 4 is 46.1 Å². The fourth-order valence-electron chi connectivity index (χ4n) is 3.84. The van der Waals surface area contributed by atoms with Crippen LogP contribution in [0.15, 0.2) is 43.1 Å². The molecule has 2 aromatic rings. The second-order valence-electron chi connectivity index (χ2n) is 9.15. The fourth-order valence-corrected chi connectivity index (χ4v) is 5.06. The largest absolute Gasteiger partial charge is 0.598 e. The van der Waals surface area contributed by atoms with E-state index in [4.69, 9.17) is 33.7 Å². The minimum atomic E-state index is -1.29. The molecule has 1 aliphatic heterocycles. The molecular formula is C24H32Cl2N4O2S. The Hall–Kier alpha value is -1.64. The van der Waals surface area contributed by atoms with E-state index >= 15 is 0 Å². The van der Waals surface area contributed by atoms with Crippen LogP contribution in [0.2, 0.25) is 10.0 Å². The number of nitrogens with one attached hydrogen (secondary N) is 1. The number of aromatic nitrogens is 1. The summed E-state index contributed by atoms with van der Waals surface area (Å²) in [6.45, 7) is 11.5. The average Bonchev–Trinajstić information content (AvgIpc) is 2.77. The maximum absolute atomic E-state index is 13.1. The fraction of sp³-hybridized carbons (Fsp3) is 0.458. The van der Waals surface area contributed by atoms with Gasteiger partial charge in [0.2, 0.25) is 0 Å². The van der Waals surface area contributed by atoms with Gasteiger partial charge in [-0.25, -0.2) is 4.98 Å². The number of pyridine rings is 1. The number of ether oxygens (including phenoxy) is 1. The van der Waals surface area contributed by atoms with Gasteiger partial charge in [-0.15, -0.1) is 4.72 Å². The number of piperidine rings is 1. The number of halogens is 2. The standard InChI is InChI=1S/C24H32Cl2N4O2S/c1-5-12-32-21-15-20(26)19(25)14-18(21)23(29-33(31)24(2,3)4)16-7-10-30(11-8-16)22-13-17(27)6-9-28-22/h5-6,9,13-16,23,29H,1,7-8,10-12H2,2-4H3,(H2,27,28)/t23?,33-/m0/s1. The molecule has 33 heavy (non-hydrogen) atoms. The van der Waals surface area contributed by atoms with E-state index < -0.39 is 16.1 Å². The summed E-state index contributed by atoms with van der Waals surface area (Å²) in [5.41, 5.74) is 7.49. The molecule has 3 rings (SSSR count). The number of nitrogens with zero attached hydrogens (tertiary/aromatic N) is 2. The predicted octanol–water partition coefficient (Wildman–Crippen LogP) is 5.54. The van der Waals surface area contributed by atoms with Crippen LogP contribution in [0.3, 0.4) is 0 Å². The third-order valence-corrected chi connectivity index (χ3v) is 7.94. The highest BCUT2D eigenvalue weighted by Gasteiger charge is 2.37. The van der Waals surface area contributed by atoms with Crippen LogP contribution in [0.4, 0.5) is 11.5 Å². The van der Waals surface area contributed by atoms with Crippen LogP contribution in [0, 0.1) is 5.92 Å². The third-order valence-electron chi connectivity index (χ3n) is 5.64. The minimum Gasteiger partial charge on any atom is -0.598 e. The van der Waals surface area contributed by atoms with Gasteiger partial charge in [-0.3, -0.25) is 0 Å². The Balaban J connectivity index is 1.90. The molecule has 0 spiro atoms. The van der Waals surface area contributed by atoms with Crippen LogP contribution in [0.1, 0.15) is 45.2 Å². The summed E-state index contributed by atoms with van der Waals surface area (Å²) >= 11 is 11.4. The highest BCUT2D eigenvalue weighted by molar-refractivity contribution is 7.90. The number of nitrogen functional groups attached to an aromatic ring is 1. The van der Waals surface area contributed by atoms with E-state index in [0.29, 0.717) is 28.1 Å². The Labute approximate surface area is 209 Å². The quantitative estimate of drug-likeness (QED) is 0.357. The lowest BCUT2D eigenvalue weighted by Crippen LogP contribution is -2.46. The maximum Gasteiger partial charge on any atom is 0.136 e. The van der Waals surface area contributed by atoms with Crippen molar-refractivity contribution in [2.24, 2.45) is 5.92 Å². The molecule has 0 bridgehead atoms. The molecule has 0 amide bonds. The first-order chi connectivity index (χ1) is 15.6. The Morgan fingerprint density at radius 1 is 1.30 bits per heavy atom. The molecule has 0 saturated carbocycles. The highest BCUT2D eigenvalue weighted by atomic mass is 35.5. The summed E-state index contributed by atoms with van der Waals surface area (Å²) in [7, 11) is 0. The van der Waals surface area contributed by atoms with Gasteiger partial charge >= 0.3 is 0 Å². The van der Waals surface area contributed by atoms with Crippen molar-refractivity contribution in [3.05, 3.63) is 58.7 Å². The van der Waals surface area contributed by atoms with Crippen molar-refractivity contribution < 1.29 is 9.29 Å². The third kappa shape index (κ3) is 6.70. The van der Waals surface area contributed by atoms with Crippen LogP contribution in [0.25, 0.3) is 0 Å². The van der Waals surface area contributed by atoms with E-state index in [2.05, 4.69) is 21.2 Å². The van der Waals surface area contributed by atoms with E-state index in [1.807, 2.05) is 32.9 Å². The Morgan fingerprint density at radius 3 is 2.58 bits per heavy atom. The van der Waals surface area contributed by atoms with Gasteiger partial charge in [0.15, 0.2) is 0 Å². The molecule has 6 nitrogen and oxygen atoms in total. The number of rotatable bonds is 8. The topological polar surface area (TPSA) is 86.5 Å². The van der Waals surface area contributed by atoms with Gasteiger partial charge in [0.25, 0.3) is 0 Å². The minimum absolute atomic E-state index is 0.205. The van der Waals surface area contributed by atoms with Gasteiger partial charge in [-0.05, 0) is 51.7 Å². The summed E-state index contributed by atoms with van der Waals surface area (Å²) in [5.74, 6) is 1.70. The predicted molar refractivity (Wildman–Crippen MR) is 140 cm³/mol. The lowest BCUT2D eigenvalue weighted by molar-refractivity contribution is 0.306. The average molecular weight is 512 g/mol. The Bertz CT molecular complexity index is 962. The molecule has 2 heterocycles. The van der Waals surface area contributed by atoms with E-state index in [1.54, 1.807) is 24.4 Å². The monoisotopic (exact) mass is 510 g/mol. The van der Waals surface area contributed by atoms with Crippen LogP contribution < -0.4 is 20.1 Å². The molecule has 0 radical (unpaired) electrons. The molecule has 1 aromatic heterocycles. The van der Waals surface area contributed by atoms with Gasteiger partial charge < -0.3 is 19.9 Å². The van der Waals surface area contributed by atoms with E-state index in [9.17, 15) is 4.55 Å². The SMILES string of the molecule is C=CCOc1cc(Cl)c(Cl)cc1C(N[S@@+]([O-])C(C)(C)C)C1CCN(c2cc(N)ccn2)CC1. The van der Waals surface area contributed by atoms with Crippen LogP contribution in [0.5, 0.6) is 5.75 Å². The van der Waals surface area contributed by atoms with Gasteiger partial charge in [-0.1, -0.05) is 35.9 Å². The molecule has 2 atom stereocenters. The van der Waals surface area contributed by atoms with Crippen molar-refractivity contribution in [1.29, 1.82) is 0 Å².